The molecule has 1 saturated carbocycles. The summed E-state index contributed by atoms with van der Waals surface area (Å²) < 4.78 is 50.8. The molecule has 0 spiro atoms. The van der Waals surface area contributed by atoms with Crippen LogP contribution in [0.15, 0.2) is 18.2 Å². The van der Waals surface area contributed by atoms with E-state index in [1.807, 2.05) is 0 Å². The molecule has 2 aliphatic rings. The van der Waals surface area contributed by atoms with Gasteiger partial charge >= 0.3 is 6.36 Å². The van der Waals surface area contributed by atoms with Crippen molar-refractivity contribution < 1.29 is 47.2 Å². The van der Waals surface area contributed by atoms with Gasteiger partial charge in [0.05, 0.1) is 24.4 Å². The fourth-order valence-corrected chi connectivity index (χ4v) is 3.75. The van der Waals surface area contributed by atoms with Gasteiger partial charge in [-0.2, -0.15) is 0 Å². The van der Waals surface area contributed by atoms with Crippen LogP contribution in [0.3, 0.4) is 0 Å². The van der Waals surface area contributed by atoms with Gasteiger partial charge in [-0.3, -0.25) is 14.3 Å². The van der Waals surface area contributed by atoms with Crippen molar-refractivity contribution in [1.82, 2.24) is 10.6 Å². The predicted octanol–water partition coefficient (Wildman–Crippen LogP) is 1.59. The lowest BCUT2D eigenvalue weighted by atomic mass is 9.92. The van der Waals surface area contributed by atoms with Crippen LogP contribution >= 0.6 is 11.6 Å². The molecule has 0 bridgehead atoms. The van der Waals surface area contributed by atoms with Crippen molar-refractivity contribution in [2.45, 2.75) is 62.6 Å². The van der Waals surface area contributed by atoms with Crippen molar-refractivity contribution in [3.63, 3.8) is 0 Å². The second kappa shape index (κ2) is 11.5. The molecule has 1 fully saturated rings. The Morgan fingerprint density at radius 2 is 1.94 bits per heavy atom. The van der Waals surface area contributed by atoms with Crippen molar-refractivity contribution >= 4 is 23.4 Å². The molecule has 1 aliphatic heterocycles. The molecule has 13 heteroatoms. The van der Waals surface area contributed by atoms with E-state index in [2.05, 4.69) is 15.4 Å². The number of benzene rings is 1. The largest absolute Gasteiger partial charge is 0.522 e. The summed E-state index contributed by atoms with van der Waals surface area (Å²) in [5.74, 6) is -0.595. The standard InChI is InChI=1S/C21H26ClF3N2O7/c22-11-1-2-17-15(5-11)16(29)8-18(33-17)20(31)26-4-3-12(28)9-27-19(30)10-32-13-6-14(7-13)34-21(23,24)25/h1-2,5,12-14,16,18,28-29H,3-4,6-10H2,(H,26,31)(H,27,30)/t12-,13?,14?,16-,18-/m0/s1. The van der Waals surface area contributed by atoms with Crippen LogP contribution in [0.1, 0.15) is 37.4 Å². The number of alkyl halides is 3. The van der Waals surface area contributed by atoms with Crippen LogP contribution in [-0.4, -0.2) is 72.5 Å². The summed E-state index contributed by atoms with van der Waals surface area (Å²) in [5, 5.41) is 25.7. The molecule has 0 radical (unpaired) electrons. The zero-order valence-electron chi connectivity index (χ0n) is 18.0. The monoisotopic (exact) mass is 510 g/mol. The van der Waals surface area contributed by atoms with Crippen LogP contribution in [0.4, 0.5) is 13.2 Å². The number of amides is 2. The van der Waals surface area contributed by atoms with Gasteiger partial charge in [-0.25, -0.2) is 0 Å². The third kappa shape index (κ3) is 7.98. The smallest absolute Gasteiger partial charge is 0.480 e. The molecule has 0 aromatic heterocycles. The minimum atomic E-state index is -4.69. The number of hydrogen-bond acceptors (Lipinski definition) is 7. The fraction of sp³-hybridized carbons (Fsp3) is 0.619. The summed E-state index contributed by atoms with van der Waals surface area (Å²) in [5.41, 5.74) is 0.512. The predicted molar refractivity (Wildman–Crippen MR) is 112 cm³/mol. The zero-order chi connectivity index (χ0) is 24.9. The number of fused-ring (bicyclic) bond motifs is 1. The second-order valence-electron chi connectivity index (χ2n) is 8.17. The number of aliphatic hydroxyl groups is 2. The lowest BCUT2D eigenvalue weighted by molar-refractivity contribution is -0.357. The molecule has 1 aromatic carbocycles. The second-order valence-corrected chi connectivity index (χ2v) is 8.60. The van der Waals surface area contributed by atoms with Crippen molar-refractivity contribution in [2.24, 2.45) is 0 Å². The number of halogens is 4. The third-order valence-corrected chi connectivity index (χ3v) is 5.68. The highest BCUT2D eigenvalue weighted by Crippen LogP contribution is 2.36. The highest BCUT2D eigenvalue weighted by molar-refractivity contribution is 6.30. The summed E-state index contributed by atoms with van der Waals surface area (Å²) in [6.45, 7) is -0.325. The topological polar surface area (TPSA) is 126 Å². The molecule has 3 rings (SSSR count). The van der Waals surface area contributed by atoms with E-state index < -0.39 is 48.7 Å². The molecule has 1 aromatic rings. The number of aliphatic hydroxyl groups excluding tert-OH is 2. The van der Waals surface area contributed by atoms with E-state index in [-0.39, 0.29) is 45.4 Å². The maximum atomic E-state index is 12.3. The molecular weight excluding hydrogens is 485 g/mol. The zero-order valence-corrected chi connectivity index (χ0v) is 18.8. The molecule has 34 heavy (non-hydrogen) atoms. The van der Waals surface area contributed by atoms with Crippen LogP contribution in [0, 0.1) is 0 Å². The van der Waals surface area contributed by atoms with Gasteiger partial charge in [-0.1, -0.05) is 11.6 Å². The van der Waals surface area contributed by atoms with Crippen LogP contribution < -0.4 is 15.4 Å². The lowest BCUT2D eigenvalue weighted by Crippen LogP contribution is -2.44. The fourth-order valence-electron chi connectivity index (χ4n) is 3.57. The quantitative estimate of drug-likeness (QED) is 0.376. The first-order valence-electron chi connectivity index (χ1n) is 10.7. The summed E-state index contributed by atoms with van der Waals surface area (Å²) in [4.78, 5) is 24.1. The Balaban J connectivity index is 1.26. The van der Waals surface area contributed by atoms with Crippen molar-refractivity contribution in [3.05, 3.63) is 28.8 Å². The van der Waals surface area contributed by atoms with E-state index in [4.69, 9.17) is 21.1 Å². The van der Waals surface area contributed by atoms with E-state index in [9.17, 15) is 33.0 Å². The number of carbonyl (C=O) groups is 2. The Morgan fingerprint density at radius 1 is 1.21 bits per heavy atom. The summed E-state index contributed by atoms with van der Waals surface area (Å²) >= 11 is 5.91. The number of nitrogens with one attached hydrogen (secondary N) is 2. The van der Waals surface area contributed by atoms with Crippen molar-refractivity contribution in [3.8, 4) is 5.75 Å². The van der Waals surface area contributed by atoms with Crippen LogP contribution in [0.5, 0.6) is 5.75 Å². The van der Waals surface area contributed by atoms with Gasteiger partial charge in [0.2, 0.25) is 5.91 Å². The van der Waals surface area contributed by atoms with Gasteiger partial charge < -0.3 is 30.3 Å². The first kappa shape index (κ1) is 26.5. The van der Waals surface area contributed by atoms with Gasteiger partial charge in [0.25, 0.3) is 5.91 Å². The molecule has 0 unspecified atom stereocenters. The van der Waals surface area contributed by atoms with Crippen molar-refractivity contribution in [2.75, 3.05) is 19.7 Å². The minimum Gasteiger partial charge on any atom is -0.480 e. The van der Waals surface area contributed by atoms with Crippen LogP contribution in [0.25, 0.3) is 0 Å². The molecule has 1 heterocycles. The minimum absolute atomic E-state index is 0.0518. The Bertz CT molecular complexity index is 867. The first-order valence-corrected chi connectivity index (χ1v) is 11.1. The van der Waals surface area contributed by atoms with Gasteiger partial charge in [0, 0.05) is 42.9 Å². The Kier molecular flexibility index (Phi) is 8.99. The van der Waals surface area contributed by atoms with Crippen LogP contribution in [-0.2, 0) is 19.1 Å². The summed E-state index contributed by atoms with van der Waals surface area (Å²) in [6.07, 6.45) is -8.56. The number of rotatable bonds is 10. The highest BCUT2D eigenvalue weighted by Gasteiger charge is 2.40. The molecular formula is C21H26ClF3N2O7. The van der Waals surface area contributed by atoms with Gasteiger partial charge in [-0.05, 0) is 24.6 Å². The normalized spacial score (nSPS) is 24.9. The van der Waals surface area contributed by atoms with Gasteiger partial charge in [0.1, 0.15) is 12.4 Å². The number of ether oxygens (including phenoxy) is 3. The van der Waals surface area contributed by atoms with E-state index in [1.54, 1.807) is 18.2 Å². The Morgan fingerprint density at radius 3 is 2.65 bits per heavy atom. The summed E-state index contributed by atoms with van der Waals surface area (Å²) in [6, 6.07) is 4.75. The molecule has 2 amide bonds. The SMILES string of the molecule is O=C(COC1CC(OC(F)(F)F)C1)NC[C@@H](O)CCNC(=O)[C@@H]1C[C@H](O)c2cc(Cl)ccc2O1. The Labute approximate surface area is 198 Å². The van der Waals surface area contributed by atoms with Crippen LogP contribution in [0.2, 0.25) is 5.02 Å². The molecule has 0 saturated heterocycles. The average molecular weight is 511 g/mol. The number of carbonyl (C=O) groups excluding carboxylic acids is 2. The van der Waals surface area contributed by atoms with Crippen molar-refractivity contribution in [1.29, 1.82) is 0 Å². The molecule has 4 N–H and O–H groups in total. The van der Waals surface area contributed by atoms with E-state index in [1.165, 1.54) is 0 Å². The molecule has 3 atom stereocenters. The third-order valence-electron chi connectivity index (χ3n) is 5.44. The molecule has 1 aliphatic carbocycles. The average Bonchev–Trinajstić information content (AvgIpc) is 2.73. The maximum absolute atomic E-state index is 12.3. The lowest BCUT2D eigenvalue weighted by Gasteiger charge is -2.34. The highest BCUT2D eigenvalue weighted by atomic mass is 35.5. The molecule has 190 valence electrons. The Hall–Kier alpha value is -2.12. The van der Waals surface area contributed by atoms with Gasteiger partial charge in [-0.15, -0.1) is 13.2 Å². The first-order chi connectivity index (χ1) is 16.0. The maximum Gasteiger partial charge on any atom is 0.522 e. The molecule has 9 nitrogen and oxygen atoms in total. The van der Waals surface area contributed by atoms with E-state index >= 15 is 0 Å². The summed E-state index contributed by atoms with van der Waals surface area (Å²) in [7, 11) is 0. The van der Waals surface area contributed by atoms with Gasteiger partial charge in [0.15, 0.2) is 6.10 Å². The van der Waals surface area contributed by atoms with E-state index in [0.717, 1.165) is 0 Å². The van der Waals surface area contributed by atoms with E-state index in [0.29, 0.717) is 16.3 Å². The number of hydrogen-bond donors (Lipinski definition) is 4.